The molecule has 7 aromatic rings. The molecule has 0 nitrogen and oxygen atoms in total. The Labute approximate surface area is 226 Å². The summed E-state index contributed by atoms with van der Waals surface area (Å²) >= 11 is 1.98. The van der Waals surface area contributed by atoms with Crippen LogP contribution in [0.15, 0.2) is 115 Å². The number of allylic oxidation sites excluding steroid dienone is 1. The first-order chi connectivity index (χ1) is 18.7. The molecule has 1 atom stereocenters. The van der Waals surface area contributed by atoms with Crippen LogP contribution in [0, 0.1) is 5.92 Å². The molecule has 1 unspecified atom stereocenters. The van der Waals surface area contributed by atoms with Gasteiger partial charge in [-0.15, -0.1) is 11.3 Å². The zero-order chi connectivity index (χ0) is 25.2. The van der Waals surface area contributed by atoms with E-state index in [4.69, 9.17) is 0 Å². The van der Waals surface area contributed by atoms with Gasteiger partial charge in [0.1, 0.15) is 0 Å². The molecule has 180 valence electrons. The highest BCUT2D eigenvalue weighted by Crippen LogP contribution is 2.43. The lowest BCUT2D eigenvalue weighted by Gasteiger charge is -2.13. The van der Waals surface area contributed by atoms with E-state index in [-0.39, 0.29) is 0 Å². The molecule has 1 aliphatic carbocycles. The smallest absolute Gasteiger partial charge is 0.0430 e. The minimum Gasteiger partial charge on any atom is -0.139 e. The van der Waals surface area contributed by atoms with Crippen molar-refractivity contribution >= 4 is 59.8 Å². The van der Waals surface area contributed by atoms with E-state index < -0.39 is 0 Å². The van der Waals surface area contributed by atoms with E-state index >= 15 is 0 Å². The summed E-state index contributed by atoms with van der Waals surface area (Å²) < 4.78 is 1.41. The fraction of sp³-hybridized carbons (Fsp3) is 0.0811. The Balaban J connectivity index is 1.31. The summed E-state index contributed by atoms with van der Waals surface area (Å²) in [6.45, 7) is 2.31. The molecule has 0 amide bonds. The van der Waals surface area contributed by atoms with Crippen LogP contribution < -0.4 is 0 Å². The molecule has 0 spiro atoms. The van der Waals surface area contributed by atoms with Crippen molar-refractivity contribution in [1.82, 2.24) is 0 Å². The number of hydrogen-bond acceptors (Lipinski definition) is 1. The molecule has 1 aromatic heterocycles. The van der Waals surface area contributed by atoms with E-state index in [0.29, 0.717) is 5.92 Å². The predicted octanol–water partition coefficient (Wildman–Crippen LogP) is 10.9. The second kappa shape index (κ2) is 8.41. The predicted molar refractivity (Wildman–Crippen MR) is 167 cm³/mol. The van der Waals surface area contributed by atoms with Gasteiger partial charge in [-0.25, -0.2) is 0 Å². The highest BCUT2D eigenvalue weighted by atomic mass is 32.1. The average Bonchev–Trinajstić information content (AvgIpc) is 3.35. The third-order valence-electron chi connectivity index (χ3n) is 8.18. The first-order valence-electron chi connectivity index (χ1n) is 13.4. The SMILES string of the molecule is CC1C=Cc2c(sc3c(-c4cccc(-c5ccc6c7ccccc7c7ccccc7c6c5)c4)cccc23)C1. The van der Waals surface area contributed by atoms with Crippen LogP contribution in [0.4, 0.5) is 0 Å². The molecule has 0 radical (unpaired) electrons. The first-order valence-corrected chi connectivity index (χ1v) is 14.2. The van der Waals surface area contributed by atoms with Gasteiger partial charge in [0.05, 0.1) is 0 Å². The first kappa shape index (κ1) is 21.8. The molecule has 0 saturated carbocycles. The highest BCUT2D eigenvalue weighted by molar-refractivity contribution is 7.20. The van der Waals surface area contributed by atoms with Crippen LogP contribution in [0.5, 0.6) is 0 Å². The molecule has 0 bridgehead atoms. The highest BCUT2D eigenvalue weighted by Gasteiger charge is 2.18. The van der Waals surface area contributed by atoms with Gasteiger partial charge in [-0.2, -0.15) is 0 Å². The van der Waals surface area contributed by atoms with Crippen molar-refractivity contribution in [3.8, 4) is 22.3 Å². The fourth-order valence-electron chi connectivity index (χ4n) is 6.32. The van der Waals surface area contributed by atoms with Crippen molar-refractivity contribution in [3.63, 3.8) is 0 Å². The molecule has 1 aliphatic rings. The van der Waals surface area contributed by atoms with Crippen LogP contribution in [0.1, 0.15) is 17.4 Å². The standard InChI is InChI=1S/C37H26S/c1-23-16-18-33-34-15-7-14-27(37(34)38-36(33)20-23)26-9-6-8-24(21-26)25-17-19-32-30-12-3-2-10-28(30)29-11-4-5-13-31(29)35(32)22-25/h2-19,21-23H,20H2,1H3. The second-order valence-electron chi connectivity index (χ2n) is 10.6. The molecule has 6 aromatic carbocycles. The van der Waals surface area contributed by atoms with Gasteiger partial charge in [-0.05, 0) is 84.6 Å². The van der Waals surface area contributed by atoms with Gasteiger partial charge in [0.15, 0.2) is 0 Å². The van der Waals surface area contributed by atoms with Crippen LogP contribution in [0.3, 0.4) is 0 Å². The van der Waals surface area contributed by atoms with Crippen LogP contribution in [-0.2, 0) is 6.42 Å². The van der Waals surface area contributed by atoms with E-state index in [2.05, 4.69) is 128 Å². The van der Waals surface area contributed by atoms with Gasteiger partial charge in [0.25, 0.3) is 0 Å². The minimum atomic E-state index is 0.614. The van der Waals surface area contributed by atoms with Crippen LogP contribution >= 0.6 is 11.3 Å². The summed E-state index contributed by atoms with van der Waals surface area (Å²) in [7, 11) is 0. The van der Waals surface area contributed by atoms with E-state index in [1.165, 1.54) is 75.1 Å². The lowest BCUT2D eigenvalue weighted by Crippen LogP contribution is -1.99. The van der Waals surface area contributed by atoms with Gasteiger partial charge in [0.2, 0.25) is 0 Å². The molecule has 0 saturated heterocycles. The monoisotopic (exact) mass is 502 g/mol. The average molecular weight is 503 g/mol. The number of hydrogen-bond donors (Lipinski definition) is 0. The molecular weight excluding hydrogens is 476 g/mol. The van der Waals surface area contributed by atoms with Gasteiger partial charge in [-0.3, -0.25) is 0 Å². The van der Waals surface area contributed by atoms with Gasteiger partial charge < -0.3 is 0 Å². The normalized spacial score (nSPS) is 15.0. The van der Waals surface area contributed by atoms with Crippen LogP contribution in [-0.4, -0.2) is 0 Å². The van der Waals surface area contributed by atoms with E-state index in [9.17, 15) is 0 Å². The summed E-state index contributed by atoms with van der Waals surface area (Å²) in [4.78, 5) is 1.52. The fourth-order valence-corrected chi connectivity index (χ4v) is 7.79. The maximum absolute atomic E-state index is 2.39. The van der Waals surface area contributed by atoms with Crippen LogP contribution in [0.2, 0.25) is 0 Å². The van der Waals surface area contributed by atoms with Crippen molar-refractivity contribution in [2.45, 2.75) is 13.3 Å². The molecule has 0 fully saturated rings. The molecule has 8 rings (SSSR count). The summed E-state index contributed by atoms with van der Waals surface area (Å²) in [6.07, 6.45) is 5.84. The van der Waals surface area contributed by atoms with E-state index in [1.54, 1.807) is 0 Å². The van der Waals surface area contributed by atoms with Gasteiger partial charge in [0, 0.05) is 15.0 Å². The van der Waals surface area contributed by atoms with Crippen molar-refractivity contribution in [3.05, 3.63) is 126 Å². The summed E-state index contributed by atoms with van der Waals surface area (Å²) in [5.74, 6) is 0.614. The third kappa shape index (κ3) is 3.29. The number of fused-ring (bicyclic) bond motifs is 9. The zero-order valence-corrected chi connectivity index (χ0v) is 22.1. The Morgan fingerprint density at radius 1 is 0.553 bits per heavy atom. The maximum Gasteiger partial charge on any atom is 0.0430 e. The van der Waals surface area contributed by atoms with Crippen LogP contribution in [0.25, 0.3) is 70.7 Å². The number of thiophene rings is 1. The Kier molecular flexibility index (Phi) is 4.83. The molecule has 0 N–H and O–H groups in total. The maximum atomic E-state index is 2.39. The topological polar surface area (TPSA) is 0 Å². The second-order valence-corrected chi connectivity index (χ2v) is 11.7. The largest absolute Gasteiger partial charge is 0.139 e. The lowest BCUT2D eigenvalue weighted by atomic mass is 9.91. The summed E-state index contributed by atoms with van der Waals surface area (Å²) in [5.41, 5.74) is 6.56. The Morgan fingerprint density at radius 2 is 1.16 bits per heavy atom. The van der Waals surface area contributed by atoms with Crippen molar-refractivity contribution in [1.29, 1.82) is 0 Å². The molecule has 0 aliphatic heterocycles. The van der Waals surface area contributed by atoms with Crippen molar-refractivity contribution in [2.24, 2.45) is 5.92 Å². The Morgan fingerprint density at radius 3 is 1.92 bits per heavy atom. The molecule has 38 heavy (non-hydrogen) atoms. The third-order valence-corrected chi connectivity index (χ3v) is 9.46. The van der Waals surface area contributed by atoms with Gasteiger partial charge in [-0.1, -0.05) is 116 Å². The number of rotatable bonds is 2. The van der Waals surface area contributed by atoms with E-state index in [0.717, 1.165) is 6.42 Å². The summed E-state index contributed by atoms with van der Waals surface area (Å²) in [5, 5.41) is 9.29. The lowest BCUT2D eigenvalue weighted by molar-refractivity contribution is 0.728. The Hall–Kier alpha value is -4.20. The molecule has 1 heteroatoms. The van der Waals surface area contributed by atoms with Crippen molar-refractivity contribution in [2.75, 3.05) is 0 Å². The van der Waals surface area contributed by atoms with E-state index in [1.807, 2.05) is 11.3 Å². The van der Waals surface area contributed by atoms with Gasteiger partial charge >= 0.3 is 0 Å². The molecule has 1 heterocycles. The van der Waals surface area contributed by atoms with Crippen molar-refractivity contribution < 1.29 is 0 Å². The minimum absolute atomic E-state index is 0.614. The Bertz CT molecular complexity index is 2040. The molecular formula is C37H26S. The zero-order valence-electron chi connectivity index (χ0n) is 21.2. The summed E-state index contributed by atoms with van der Waals surface area (Å²) in [6, 6.07) is 40.5. The quantitative estimate of drug-likeness (QED) is 0.206. The number of benzene rings is 6.